The van der Waals surface area contributed by atoms with E-state index in [9.17, 15) is 8.78 Å². The van der Waals surface area contributed by atoms with Gasteiger partial charge in [-0.1, -0.05) is 84.0 Å². The highest BCUT2D eigenvalue weighted by Gasteiger charge is 2.14. The number of aryl methyl sites for hydroxylation is 1. The van der Waals surface area contributed by atoms with Gasteiger partial charge >= 0.3 is 0 Å². The maximum Gasteiger partial charge on any atom is 0.253 e. The summed E-state index contributed by atoms with van der Waals surface area (Å²) >= 11 is 0. The maximum atomic E-state index is 13.9. The minimum Gasteiger partial charge on any atom is -1.00 e. The van der Waals surface area contributed by atoms with Gasteiger partial charge in [0.1, 0.15) is 30.6 Å². The van der Waals surface area contributed by atoms with Gasteiger partial charge in [0, 0.05) is 18.6 Å². The third kappa shape index (κ3) is 11.1. The second kappa shape index (κ2) is 17.3. The second-order valence-corrected chi connectivity index (χ2v) is 9.00. The van der Waals surface area contributed by atoms with Gasteiger partial charge in [0.2, 0.25) is 0 Å². The Bertz CT molecular complexity index is 745. The van der Waals surface area contributed by atoms with E-state index in [0.29, 0.717) is 12.1 Å². The molecule has 0 amide bonds. The number of hydrogen-bond acceptors (Lipinski definition) is 0. The summed E-state index contributed by atoms with van der Waals surface area (Å²) in [4.78, 5) is 0. The van der Waals surface area contributed by atoms with Crippen LogP contribution in [0.1, 0.15) is 108 Å². The van der Waals surface area contributed by atoms with Crippen LogP contribution in [0.15, 0.2) is 30.6 Å². The molecule has 0 radical (unpaired) electrons. The average Bonchev–Trinajstić information content (AvgIpc) is 3.09. The summed E-state index contributed by atoms with van der Waals surface area (Å²) < 4.78 is 31.3. The van der Waals surface area contributed by atoms with E-state index in [1.165, 1.54) is 102 Å². The topological polar surface area (TPSA) is 8.81 Å². The molecular formula is C27H43BrF2N2. The molecule has 5 heteroatoms. The molecule has 0 atom stereocenters. The molecule has 2 nitrogen and oxygen atoms in total. The second-order valence-electron chi connectivity index (χ2n) is 9.00. The molecule has 1 heterocycles. The van der Waals surface area contributed by atoms with E-state index in [1.807, 2.05) is 10.8 Å². The average molecular weight is 514 g/mol. The van der Waals surface area contributed by atoms with Crippen LogP contribution in [0.5, 0.6) is 0 Å². The van der Waals surface area contributed by atoms with Gasteiger partial charge in [-0.25, -0.2) is 17.9 Å². The fourth-order valence-electron chi connectivity index (χ4n) is 4.26. The highest BCUT2D eigenvalue weighted by molar-refractivity contribution is 5.17. The number of benzene rings is 1. The van der Waals surface area contributed by atoms with Crippen LogP contribution < -0.4 is 21.5 Å². The van der Waals surface area contributed by atoms with Gasteiger partial charge in [-0.15, -0.1) is 0 Å². The van der Waals surface area contributed by atoms with Crippen LogP contribution in [0.2, 0.25) is 0 Å². The number of halogens is 3. The van der Waals surface area contributed by atoms with E-state index in [0.717, 1.165) is 18.4 Å². The van der Waals surface area contributed by atoms with Gasteiger partial charge in [0.05, 0.1) is 6.54 Å². The van der Waals surface area contributed by atoms with Gasteiger partial charge in [0.15, 0.2) is 0 Å². The molecule has 1 aromatic heterocycles. The predicted octanol–water partition coefficient (Wildman–Crippen LogP) is 4.90. The number of nitrogens with zero attached hydrogens (tertiary/aromatic N) is 2. The van der Waals surface area contributed by atoms with Crippen molar-refractivity contribution in [3.8, 4) is 0 Å². The summed E-state index contributed by atoms with van der Waals surface area (Å²) in [6, 6.07) is 3.80. The molecule has 0 N–H and O–H groups in total. The monoisotopic (exact) mass is 512 g/mol. The quantitative estimate of drug-likeness (QED) is 0.210. The molecule has 1 aromatic carbocycles. The summed E-state index contributed by atoms with van der Waals surface area (Å²) in [5, 5.41) is 0. The smallest absolute Gasteiger partial charge is 0.253 e. The lowest BCUT2D eigenvalue weighted by Crippen LogP contribution is -3.00. The Morgan fingerprint density at radius 3 is 1.84 bits per heavy atom. The Balaban J connectivity index is 0.00000512. The molecule has 32 heavy (non-hydrogen) atoms. The number of unbranched alkanes of at least 4 members (excludes halogenated alkanes) is 13. The van der Waals surface area contributed by atoms with Gasteiger partial charge in [-0.2, -0.15) is 0 Å². The molecule has 0 saturated heterocycles. The summed E-state index contributed by atoms with van der Waals surface area (Å²) in [6.45, 7) is 5.77. The third-order valence-corrected chi connectivity index (χ3v) is 6.37. The molecule has 182 valence electrons. The summed E-state index contributed by atoms with van der Waals surface area (Å²) in [5.41, 5.74) is 0.517. The van der Waals surface area contributed by atoms with Crippen molar-refractivity contribution in [2.24, 2.45) is 0 Å². The van der Waals surface area contributed by atoms with Crippen molar-refractivity contribution in [2.75, 3.05) is 0 Å². The first-order valence-corrected chi connectivity index (χ1v) is 12.6. The summed E-state index contributed by atoms with van der Waals surface area (Å²) in [6.07, 6.45) is 23.2. The van der Waals surface area contributed by atoms with Gasteiger partial charge in [-0.05, 0) is 25.0 Å². The van der Waals surface area contributed by atoms with Crippen molar-refractivity contribution >= 4 is 0 Å². The van der Waals surface area contributed by atoms with Crippen molar-refractivity contribution < 1.29 is 30.3 Å². The third-order valence-electron chi connectivity index (χ3n) is 6.37. The normalized spacial score (nSPS) is 11.0. The van der Waals surface area contributed by atoms with Crippen molar-refractivity contribution in [2.45, 2.75) is 117 Å². The first-order chi connectivity index (χ1) is 15.1. The Kier molecular flexibility index (Phi) is 15.5. The fraction of sp³-hybridized carbons (Fsp3) is 0.667. The largest absolute Gasteiger partial charge is 1.00 e. The molecule has 0 aliphatic rings. The molecule has 0 bridgehead atoms. The van der Waals surface area contributed by atoms with Crippen molar-refractivity contribution in [3.63, 3.8) is 0 Å². The number of aromatic nitrogens is 2. The molecule has 0 saturated carbocycles. The van der Waals surface area contributed by atoms with Crippen LogP contribution >= 0.6 is 0 Å². The van der Waals surface area contributed by atoms with Gasteiger partial charge in [-0.3, -0.25) is 0 Å². The minimum atomic E-state index is -0.529. The number of rotatable bonds is 17. The maximum absolute atomic E-state index is 13.9. The van der Waals surface area contributed by atoms with Gasteiger partial charge in [0.25, 0.3) is 5.82 Å². The van der Waals surface area contributed by atoms with Crippen molar-refractivity contribution in [1.82, 2.24) is 4.57 Å². The van der Waals surface area contributed by atoms with Crippen LogP contribution in [0.3, 0.4) is 0 Å². The molecule has 0 unspecified atom stereocenters. The Hall–Kier alpha value is -1.23. The first-order valence-electron chi connectivity index (χ1n) is 12.6. The summed E-state index contributed by atoms with van der Waals surface area (Å²) in [5.74, 6) is 0.100. The molecule has 0 spiro atoms. The van der Waals surface area contributed by atoms with Crippen molar-refractivity contribution in [3.05, 3.63) is 53.6 Å². The Labute approximate surface area is 205 Å². The SMILES string of the molecule is CCCCCCCCCCCCCCCCn1cc[n+](Cc2ccc(F)cc2F)c1C.[Br-]. The van der Waals surface area contributed by atoms with Crippen molar-refractivity contribution in [1.29, 1.82) is 0 Å². The van der Waals surface area contributed by atoms with E-state index in [-0.39, 0.29) is 17.0 Å². The highest BCUT2D eigenvalue weighted by Crippen LogP contribution is 2.14. The molecule has 0 fully saturated rings. The first kappa shape index (κ1) is 28.8. The number of hydrogen-bond donors (Lipinski definition) is 0. The van der Waals surface area contributed by atoms with E-state index < -0.39 is 11.6 Å². The van der Waals surface area contributed by atoms with E-state index >= 15 is 0 Å². The number of imidazole rings is 1. The lowest BCUT2D eigenvalue weighted by Gasteiger charge is -2.04. The van der Waals surface area contributed by atoms with Crippen LogP contribution in [0, 0.1) is 18.6 Å². The highest BCUT2D eigenvalue weighted by atomic mass is 79.9. The van der Waals surface area contributed by atoms with E-state index in [2.05, 4.69) is 24.6 Å². The molecular weight excluding hydrogens is 470 g/mol. The summed E-state index contributed by atoms with van der Waals surface area (Å²) in [7, 11) is 0. The fourth-order valence-corrected chi connectivity index (χ4v) is 4.26. The predicted molar refractivity (Wildman–Crippen MR) is 125 cm³/mol. The van der Waals surface area contributed by atoms with E-state index in [1.54, 1.807) is 0 Å². The lowest BCUT2D eigenvalue weighted by atomic mass is 10.0. The van der Waals surface area contributed by atoms with E-state index in [4.69, 9.17) is 0 Å². The molecule has 0 aliphatic carbocycles. The van der Waals surface area contributed by atoms with Crippen LogP contribution in [0.25, 0.3) is 0 Å². The Morgan fingerprint density at radius 2 is 1.31 bits per heavy atom. The minimum absolute atomic E-state index is 0. The molecule has 2 aromatic rings. The van der Waals surface area contributed by atoms with Crippen LogP contribution in [-0.4, -0.2) is 4.57 Å². The molecule has 0 aliphatic heterocycles. The van der Waals surface area contributed by atoms with Crippen LogP contribution in [0.4, 0.5) is 8.78 Å². The van der Waals surface area contributed by atoms with Gasteiger partial charge < -0.3 is 17.0 Å². The standard InChI is InChI=1S/C27H43F2N2.BrH/c1-3-4-5-6-7-8-9-10-11-12-13-14-15-16-19-30-20-21-31(24(30)2)23-25-17-18-26(28)22-27(25)29;/h17-18,20-22H,3-16,19,23H2,1-2H3;1H/q+1;/p-1. The lowest BCUT2D eigenvalue weighted by molar-refractivity contribution is -0.694. The Morgan fingerprint density at radius 1 is 0.781 bits per heavy atom. The zero-order valence-corrected chi connectivity index (χ0v) is 21.8. The molecule has 2 rings (SSSR count). The van der Waals surface area contributed by atoms with Crippen LogP contribution in [-0.2, 0) is 13.1 Å². The zero-order valence-electron chi connectivity index (χ0n) is 20.2. The zero-order chi connectivity index (χ0) is 22.3.